The first-order valence-corrected chi connectivity index (χ1v) is 7.83. The summed E-state index contributed by atoms with van der Waals surface area (Å²) in [6.45, 7) is 2.94. The van der Waals surface area contributed by atoms with E-state index in [9.17, 15) is 12.8 Å². The number of nitrogens with one attached hydrogen (secondary N) is 1. The van der Waals surface area contributed by atoms with Gasteiger partial charge in [0.05, 0.1) is 11.5 Å². The van der Waals surface area contributed by atoms with Gasteiger partial charge in [0.15, 0.2) is 9.84 Å². The molecule has 3 atom stereocenters. The highest BCUT2D eigenvalue weighted by atomic mass is 32.2. The summed E-state index contributed by atoms with van der Waals surface area (Å²) in [4.78, 5) is 0. The van der Waals surface area contributed by atoms with E-state index in [1.807, 2.05) is 0 Å². The lowest BCUT2D eigenvalue weighted by molar-refractivity contribution is 0.0329. The van der Waals surface area contributed by atoms with Gasteiger partial charge in [-0.15, -0.1) is 0 Å². The first-order chi connectivity index (χ1) is 7.41. The molecule has 2 fully saturated rings. The van der Waals surface area contributed by atoms with E-state index in [2.05, 4.69) is 5.32 Å². The van der Waals surface area contributed by atoms with Crippen LogP contribution in [0.2, 0.25) is 0 Å². The normalized spacial score (nSPS) is 44.1. The van der Waals surface area contributed by atoms with Gasteiger partial charge in [-0.05, 0) is 38.6 Å². The maximum absolute atomic E-state index is 14.3. The third kappa shape index (κ3) is 2.56. The van der Waals surface area contributed by atoms with Crippen LogP contribution in [0, 0.1) is 11.8 Å². The molecule has 5 heteroatoms. The van der Waals surface area contributed by atoms with Gasteiger partial charge in [0.1, 0.15) is 5.67 Å². The molecule has 2 rings (SSSR count). The monoisotopic (exact) mass is 249 g/mol. The number of halogens is 1. The van der Waals surface area contributed by atoms with Crippen molar-refractivity contribution in [1.29, 1.82) is 0 Å². The van der Waals surface area contributed by atoms with E-state index in [4.69, 9.17) is 0 Å². The molecular weight excluding hydrogens is 229 g/mol. The molecule has 0 spiro atoms. The van der Waals surface area contributed by atoms with E-state index < -0.39 is 15.5 Å². The van der Waals surface area contributed by atoms with E-state index in [0.29, 0.717) is 25.9 Å². The van der Waals surface area contributed by atoms with Crippen LogP contribution in [0.1, 0.15) is 26.2 Å². The Balaban J connectivity index is 2.11. The molecule has 0 amide bonds. The average Bonchev–Trinajstić information content (AvgIpc) is 2.15. The van der Waals surface area contributed by atoms with Gasteiger partial charge in [-0.3, -0.25) is 0 Å². The predicted molar refractivity (Wildman–Crippen MR) is 61.9 cm³/mol. The second-order valence-corrected chi connectivity index (χ2v) is 7.58. The van der Waals surface area contributed by atoms with Crippen molar-refractivity contribution < 1.29 is 12.8 Å². The minimum absolute atomic E-state index is 0.00144. The number of sulfone groups is 1. The van der Waals surface area contributed by atoms with Crippen molar-refractivity contribution in [2.75, 3.05) is 24.6 Å². The van der Waals surface area contributed by atoms with Gasteiger partial charge in [0.25, 0.3) is 0 Å². The summed E-state index contributed by atoms with van der Waals surface area (Å²) in [5.41, 5.74) is -1.21. The second-order valence-electron chi connectivity index (χ2n) is 5.36. The van der Waals surface area contributed by atoms with E-state index in [0.717, 1.165) is 6.42 Å². The number of hydrogen-bond acceptors (Lipinski definition) is 3. The van der Waals surface area contributed by atoms with Crippen LogP contribution < -0.4 is 5.32 Å². The Kier molecular flexibility index (Phi) is 3.27. The zero-order chi connectivity index (χ0) is 11.8. The molecule has 2 saturated heterocycles. The Bertz CT molecular complexity index is 353. The fourth-order valence-corrected chi connectivity index (χ4v) is 4.85. The van der Waals surface area contributed by atoms with Crippen LogP contribution in [0.4, 0.5) is 4.39 Å². The van der Waals surface area contributed by atoms with Gasteiger partial charge in [0, 0.05) is 12.5 Å². The van der Waals surface area contributed by atoms with Crippen LogP contribution in [0.15, 0.2) is 0 Å². The van der Waals surface area contributed by atoms with Crippen molar-refractivity contribution in [2.45, 2.75) is 31.9 Å². The lowest BCUT2D eigenvalue weighted by atomic mass is 9.75. The van der Waals surface area contributed by atoms with E-state index in [1.165, 1.54) is 0 Å². The molecule has 16 heavy (non-hydrogen) atoms. The molecule has 2 heterocycles. The maximum atomic E-state index is 14.3. The molecule has 94 valence electrons. The van der Waals surface area contributed by atoms with Crippen LogP contribution in [0.3, 0.4) is 0 Å². The predicted octanol–water partition coefficient (Wildman–Crippen LogP) is 1.15. The summed E-state index contributed by atoms with van der Waals surface area (Å²) >= 11 is 0. The van der Waals surface area contributed by atoms with E-state index in [-0.39, 0.29) is 23.3 Å². The van der Waals surface area contributed by atoms with Gasteiger partial charge >= 0.3 is 0 Å². The Hall–Kier alpha value is -0.160. The summed E-state index contributed by atoms with van der Waals surface area (Å²) in [5.74, 6) is 0.323. The highest BCUT2D eigenvalue weighted by Crippen LogP contribution is 2.38. The molecule has 2 aliphatic rings. The molecule has 0 bridgehead atoms. The summed E-state index contributed by atoms with van der Waals surface area (Å²) in [7, 11) is -2.93. The van der Waals surface area contributed by atoms with E-state index in [1.54, 1.807) is 6.92 Å². The van der Waals surface area contributed by atoms with Crippen molar-refractivity contribution in [1.82, 2.24) is 5.32 Å². The van der Waals surface area contributed by atoms with E-state index >= 15 is 0 Å². The topological polar surface area (TPSA) is 46.2 Å². The quantitative estimate of drug-likeness (QED) is 0.758. The molecule has 3 nitrogen and oxygen atoms in total. The Morgan fingerprint density at radius 1 is 1.44 bits per heavy atom. The van der Waals surface area contributed by atoms with Crippen LogP contribution >= 0.6 is 0 Å². The number of piperidine rings is 1. The third-order valence-electron chi connectivity index (χ3n) is 4.00. The van der Waals surface area contributed by atoms with Crippen LogP contribution in [-0.4, -0.2) is 38.7 Å². The van der Waals surface area contributed by atoms with Crippen LogP contribution in [0.5, 0.6) is 0 Å². The minimum Gasteiger partial charge on any atom is -0.316 e. The molecule has 0 aromatic rings. The average molecular weight is 249 g/mol. The Morgan fingerprint density at radius 3 is 2.81 bits per heavy atom. The van der Waals surface area contributed by atoms with Crippen molar-refractivity contribution in [3.63, 3.8) is 0 Å². The van der Waals surface area contributed by atoms with Gasteiger partial charge < -0.3 is 5.32 Å². The number of hydrogen-bond donors (Lipinski definition) is 1. The Morgan fingerprint density at radius 2 is 2.19 bits per heavy atom. The van der Waals surface area contributed by atoms with Gasteiger partial charge in [-0.25, -0.2) is 12.8 Å². The fraction of sp³-hybridized carbons (Fsp3) is 1.00. The van der Waals surface area contributed by atoms with Crippen LogP contribution in [-0.2, 0) is 9.84 Å². The molecule has 0 aliphatic carbocycles. The summed E-state index contributed by atoms with van der Waals surface area (Å²) in [6, 6.07) is 0. The van der Waals surface area contributed by atoms with Crippen molar-refractivity contribution in [3.8, 4) is 0 Å². The molecule has 0 aromatic carbocycles. The second kappa shape index (κ2) is 4.26. The number of alkyl halides is 1. The lowest BCUT2D eigenvalue weighted by Gasteiger charge is -2.41. The number of rotatable bonds is 1. The molecule has 0 saturated carbocycles. The smallest absolute Gasteiger partial charge is 0.150 e. The van der Waals surface area contributed by atoms with Gasteiger partial charge in [-0.2, -0.15) is 0 Å². The van der Waals surface area contributed by atoms with Gasteiger partial charge in [0.2, 0.25) is 0 Å². The first kappa shape index (κ1) is 12.3. The third-order valence-corrected chi connectivity index (χ3v) is 5.84. The highest BCUT2D eigenvalue weighted by Gasteiger charge is 2.43. The fourth-order valence-electron chi connectivity index (χ4n) is 3.02. The highest BCUT2D eigenvalue weighted by molar-refractivity contribution is 7.91. The van der Waals surface area contributed by atoms with Gasteiger partial charge in [-0.1, -0.05) is 0 Å². The Labute approximate surface area is 96.7 Å². The molecule has 2 aliphatic heterocycles. The standard InChI is InChI=1S/C11H20FNO2S/c1-11(12)4-5-13-7-10(11)9-3-2-6-16(14,15)8-9/h9-10,13H,2-8H2,1H3. The summed E-state index contributed by atoms with van der Waals surface area (Å²) in [5, 5.41) is 3.18. The van der Waals surface area contributed by atoms with Crippen LogP contribution in [0.25, 0.3) is 0 Å². The largest absolute Gasteiger partial charge is 0.316 e. The molecular formula is C11H20FNO2S. The lowest BCUT2D eigenvalue weighted by Crippen LogP contribution is -2.51. The molecule has 0 aromatic heterocycles. The molecule has 0 radical (unpaired) electrons. The summed E-state index contributed by atoms with van der Waals surface area (Å²) < 4.78 is 37.5. The van der Waals surface area contributed by atoms with Crippen molar-refractivity contribution in [3.05, 3.63) is 0 Å². The first-order valence-electron chi connectivity index (χ1n) is 6.01. The molecule has 1 N–H and O–H groups in total. The zero-order valence-corrected chi connectivity index (χ0v) is 10.5. The maximum Gasteiger partial charge on any atom is 0.150 e. The minimum atomic E-state index is -2.93. The summed E-state index contributed by atoms with van der Waals surface area (Å²) in [6.07, 6.45) is 2.04. The molecule has 3 unspecified atom stereocenters. The zero-order valence-electron chi connectivity index (χ0n) is 9.71. The van der Waals surface area contributed by atoms with Crippen molar-refractivity contribution >= 4 is 9.84 Å². The van der Waals surface area contributed by atoms with Crippen molar-refractivity contribution in [2.24, 2.45) is 11.8 Å². The SMILES string of the molecule is CC1(F)CCNCC1C1CCCS(=O)(=O)C1.